The van der Waals surface area contributed by atoms with Gasteiger partial charge in [0.05, 0.1) is 0 Å². The van der Waals surface area contributed by atoms with Gasteiger partial charge in [-0.25, -0.2) is 0 Å². The van der Waals surface area contributed by atoms with Crippen LogP contribution in [0.4, 0.5) is 0 Å². The molecule has 1 aromatic rings. The van der Waals surface area contributed by atoms with Crippen molar-refractivity contribution >= 4 is 12.4 Å². The zero-order valence-corrected chi connectivity index (χ0v) is 11.1. The molecule has 1 N–H and O–H groups in total. The standard InChI is InChI=1S/C13H21NO.ClH/c1-4-14-8-9-15-13-7-5-6-12(10-13)11(2)3;/h5-7,10-11,14H,4,8-9H2,1-3H3;1H. The Labute approximate surface area is 105 Å². The number of rotatable bonds is 6. The van der Waals surface area contributed by atoms with E-state index in [1.807, 2.05) is 6.07 Å². The van der Waals surface area contributed by atoms with E-state index in [2.05, 4.69) is 44.3 Å². The van der Waals surface area contributed by atoms with E-state index >= 15 is 0 Å². The minimum atomic E-state index is 0. The molecule has 0 heterocycles. The fraction of sp³-hybridized carbons (Fsp3) is 0.538. The SMILES string of the molecule is CCNCCOc1cccc(C(C)C)c1.Cl. The van der Waals surface area contributed by atoms with Gasteiger partial charge in [-0.05, 0) is 30.2 Å². The quantitative estimate of drug-likeness (QED) is 0.775. The lowest BCUT2D eigenvalue weighted by Gasteiger charge is -2.10. The van der Waals surface area contributed by atoms with Gasteiger partial charge in [-0.3, -0.25) is 0 Å². The summed E-state index contributed by atoms with van der Waals surface area (Å²) < 4.78 is 5.64. The Morgan fingerprint density at radius 3 is 2.69 bits per heavy atom. The van der Waals surface area contributed by atoms with Crippen LogP contribution in [0.2, 0.25) is 0 Å². The second-order valence-electron chi connectivity index (χ2n) is 3.93. The molecule has 92 valence electrons. The minimum Gasteiger partial charge on any atom is -0.492 e. The summed E-state index contributed by atoms with van der Waals surface area (Å²) in [6.07, 6.45) is 0. The molecular formula is C13H22ClNO. The lowest BCUT2D eigenvalue weighted by Crippen LogP contribution is -2.20. The second-order valence-corrected chi connectivity index (χ2v) is 3.93. The summed E-state index contributed by atoms with van der Waals surface area (Å²) >= 11 is 0. The van der Waals surface area contributed by atoms with Crippen LogP contribution in [0.15, 0.2) is 24.3 Å². The molecule has 0 fully saturated rings. The van der Waals surface area contributed by atoms with Gasteiger partial charge < -0.3 is 10.1 Å². The molecule has 0 aliphatic carbocycles. The summed E-state index contributed by atoms with van der Waals surface area (Å²) in [5.74, 6) is 1.53. The topological polar surface area (TPSA) is 21.3 Å². The normalized spacial score (nSPS) is 10.0. The van der Waals surface area contributed by atoms with E-state index in [0.29, 0.717) is 5.92 Å². The molecule has 0 aromatic heterocycles. The Balaban J connectivity index is 0.00000225. The number of hydrogen-bond acceptors (Lipinski definition) is 2. The molecule has 16 heavy (non-hydrogen) atoms. The third-order valence-electron chi connectivity index (χ3n) is 2.32. The molecule has 0 saturated carbocycles. The van der Waals surface area contributed by atoms with E-state index in [-0.39, 0.29) is 12.4 Å². The Kier molecular flexibility index (Phi) is 8.04. The van der Waals surface area contributed by atoms with Crippen LogP contribution in [0.25, 0.3) is 0 Å². The molecule has 0 aliphatic rings. The first-order chi connectivity index (χ1) is 7.24. The van der Waals surface area contributed by atoms with Crippen molar-refractivity contribution in [2.24, 2.45) is 0 Å². The molecular weight excluding hydrogens is 222 g/mol. The number of benzene rings is 1. The number of nitrogens with one attached hydrogen (secondary N) is 1. The lowest BCUT2D eigenvalue weighted by molar-refractivity contribution is 0.315. The van der Waals surface area contributed by atoms with Crippen LogP contribution in [0.5, 0.6) is 5.75 Å². The average Bonchev–Trinajstić information content (AvgIpc) is 2.25. The molecule has 0 unspecified atom stereocenters. The van der Waals surface area contributed by atoms with Crippen molar-refractivity contribution in [2.75, 3.05) is 19.7 Å². The highest BCUT2D eigenvalue weighted by molar-refractivity contribution is 5.85. The van der Waals surface area contributed by atoms with Crippen LogP contribution < -0.4 is 10.1 Å². The molecule has 0 amide bonds. The van der Waals surface area contributed by atoms with Crippen LogP contribution in [-0.4, -0.2) is 19.7 Å². The van der Waals surface area contributed by atoms with Gasteiger partial charge in [0.1, 0.15) is 12.4 Å². The summed E-state index contributed by atoms with van der Waals surface area (Å²) in [5.41, 5.74) is 1.33. The lowest BCUT2D eigenvalue weighted by atomic mass is 10.0. The van der Waals surface area contributed by atoms with Crippen LogP contribution in [0, 0.1) is 0 Å². The van der Waals surface area contributed by atoms with Crippen molar-refractivity contribution in [2.45, 2.75) is 26.7 Å². The van der Waals surface area contributed by atoms with Gasteiger partial charge in [0.15, 0.2) is 0 Å². The maximum atomic E-state index is 5.64. The summed E-state index contributed by atoms with van der Waals surface area (Å²) in [6, 6.07) is 8.33. The van der Waals surface area contributed by atoms with Gasteiger partial charge in [-0.2, -0.15) is 0 Å². The van der Waals surface area contributed by atoms with Gasteiger partial charge >= 0.3 is 0 Å². The van der Waals surface area contributed by atoms with Crippen LogP contribution in [0.3, 0.4) is 0 Å². The third-order valence-corrected chi connectivity index (χ3v) is 2.32. The van der Waals surface area contributed by atoms with E-state index in [4.69, 9.17) is 4.74 Å². The first-order valence-corrected chi connectivity index (χ1v) is 5.67. The Morgan fingerprint density at radius 2 is 2.06 bits per heavy atom. The van der Waals surface area contributed by atoms with Crippen molar-refractivity contribution in [3.63, 3.8) is 0 Å². The minimum absolute atomic E-state index is 0. The fourth-order valence-corrected chi connectivity index (χ4v) is 1.38. The first kappa shape index (κ1) is 15.3. The fourth-order valence-electron chi connectivity index (χ4n) is 1.38. The smallest absolute Gasteiger partial charge is 0.119 e. The molecule has 3 heteroatoms. The monoisotopic (exact) mass is 243 g/mol. The van der Waals surface area contributed by atoms with E-state index in [9.17, 15) is 0 Å². The highest BCUT2D eigenvalue weighted by Gasteiger charge is 2.00. The summed E-state index contributed by atoms with van der Waals surface area (Å²) in [4.78, 5) is 0. The summed E-state index contributed by atoms with van der Waals surface area (Å²) in [5, 5.41) is 3.23. The largest absolute Gasteiger partial charge is 0.492 e. The molecule has 0 saturated heterocycles. The number of hydrogen-bond donors (Lipinski definition) is 1. The van der Waals surface area contributed by atoms with Gasteiger partial charge in [0, 0.05) is 6.54 Å². The van der Waals surface area contributed by atoms with Crippen LogP contribution in [-0.2, 0) is 0 Å². The molecule has 0 spiro atoms. The van der Waals surface area contributed by atoms with Gasteiger partial charge in [-0.15, -0.1) is 12.4 Å². The molecule has 0 atom stereocenters. The van der Waals surface area contributed by atoms with Gasteiger partial charge in [0.25, 0.3) is 0 Å². The third kappa shape index (κ3) is 5.38. The number of ether oxygens (including phenoxy) is 1. The summed E-state index contributed by atoms with van der Waals surface area (Å²) in [7, 11) is 0. The molecule has 2 nitrogen and oxygen atoms in total. The van der Waals surface area contributed by atoms with Gasteiger partial charge in [-0.1, -0.05) is 32.9 Å². The molecule has 0 radical (unpaired) electrons. The molecule has 1 rings (SSSR count). The molecule has 0 bridgehead atoms. The van der Waals surface area contributed by atoms with Crippen molar-refractivity contribution in [1.82, 2.24) is 5.32 Å². The number of likely N-dealkylation sites (N-methyl/N-ethyl adjacent to an activating group) is 1. The first-order valence-electron chi connectivity index (χ1n) is 5.67. The predicted molar refractivity (Wildman–Crippen MR) is 71.8 cm³/mol. The van der Waals surface area contributed by atoms with Crippen LogP contribution >= 0.6 is 12.4 Å². The highest BCUT2D eigenvalue weighted by atomic mass is 35.5. The average molecular weight is 244 g/mol. The second kappa shape index (κ2) is 8.43. The predicted octanol–water partition coefficient (Wildman–Crippen LogP) is 3.22. The zero-order chi connectivity index (χ0) is 11.1. The van der Waals surface area contributed by atoms with E-state index < -0.39 is 0 Å². The Hall–Kier alpha value is -0.730. The zero-order valence-electron chi connectivity index (χ0n) is 10.3. The van der Waals surface area contributed by atoms with Crippen molar-refractivity contribution < 1.29 is 4.74 Å². The number of halogens is 1. The Bertz CT molecular complexity index is 289. The summed E-state index contributed by atoms with van der Waals surface area (Å²) in [6.45, 7) is 9.11. The molecule has 1 aromatic carbocycles. The Morgan fingerprint density at radius 1 is 1.31 bits per heavy atom. The maximum Gasteiger partial charge on any atom is 0.119 e. The van der Waals surface area contributed by atoms with Crippen LogP contribution in [0.1, 0.15) is 32.3 Å². The van der Waals surface area contributed by atoms with E-state index in [1.165, 1.54) is 5.56 Å². The highest BCUT2D eigenvalue weighted by Crippen LogP contribution is 2.19. The maximum absolute atomic E-state index is 5.64. The van der Waals surface area contributed by atoms with Crippen molar-refractivity contribution in [3.05, 3.63) is 29.8 Å². The van der Waals surface area contributed by atoms with E-state index in [0.717, 1.165) is 25.4 Å². The van der Waals surface area contributed by atoms with Crippen molar-refractivity contribution in [3.8, 4) is 5.75 Å². The van der Waals surface area contributed by atoms with E-state index in [1.54, 1.807) is 0 Å². The van der Waals surface area contributed by atoms with Gasteiger partial charge in [0.2, 0.25) is 0 Å². The van der Waals surface area contributed by atoms with Crippen molar-refractivity contribution in [1.29, 1.82) is 0 Å². The molecule has 0 aliphatic heterocycles.